The molecule has 0 aliphatic rings. The first kappa shape index (κ1) is 13.9. The lowest BCUT2D eigenvalue weighted by atomic mass is 10.00. The van der Waals surface area contributed by atoms with Crippen molar-refractivity contribution in [3.8, 4) is 0 Å². The Balaban J connectivity index is 2.25. The Bertz CT molecular complexity index is 552. The number of alkyl halides is 1. The summed E-state index contributed by atoms with van der Waals surface area (Å²) < 4.78 is 1.05. The largest absolute Gasteiger partial charge is 0.117 e. The quantitative estimate of drug-likeness (QED) is 0.605. The van der Waals surface area contributed by atoms with Crippen molar-refractivity contribution < 1.29 is 0 Å². The van der Waals surface area contributed by atoms with E-state index in [4.69, 9.17) is 23.2 Å². The molecule has 2 aromatic rings. The van der Waals surface area contributed by atoms with Crippen LogP contribution in [0.4, 0.5) is 0 Å². The van der Waals surface area contributed by atoms with Crippen molar-refractivity contribution in [3.05, 3.63) is 68.7 Å². The van der Waals surface area contributed by atoms with Gasteiger partial charge in [-0.05, 0) is 48.2 Å². The Morgan fingerprint density at radius 2 is 1.89 bits per heavy atom. The molecule has 0 radical (unpaired) electrons. The van der Waals surface area contributed by atoms with Crippen molar-refractivity contribution >= 4 is 39.1 Å². The number of halogens is 3. The van der Waals surface area contributed by atoms with Gasteiger partial charge in [-0.15, -0.1) is 11.6 Å². The fourth-order valence-corrected chi connectivity index (χ4v) is 2.91. The molecule has 1 atom stereocenters. The zero-order valence-corrected chi connectivity index (χ0v) is 13.1. The minimum absolute atomic E-state index is 0.0672. The van der Waals surface area contributed by atoms with Crippen LogP contribution >= 0.6 is 39.1 Å². The fraction of sp³-hybridized carbons (Fsp3) is 0.200. The Morgan fingerprint density at radius 3 is 2.61 bits per heavy atom. The van der Waals surface area contributed by atoms with Crippen LogP contribution in [0.2, 0.25) is 5.02 Å². The predicted molar refractivity (Wildman–Crippen MR) is 82.6 cm³/mol. The lowest BCUT2D eigenvalue weighted by Gasteiger charge is -2.14. The van der Waals surface area contributed by atoms with Gasteiger partial charge in [-0.25, -0.2) is 0 Å². The highest BCUT2D eigenvalue weighted by atomic mass is 79.9. The molecule has 0 nitrogen and oxygen atoms in total. The molecular weight excluding hydrogens is 331 g/mol. The predicted octanol–water partition coefficient (Wildman–Crippen LogP) is 5.93. The molecule has 0 aliphatic heterocycles. The van der Waals surface area contributed by atoms with Gasteiger partial charge in [0.1, 0.15) is 0 Å². The lowest BCUT2D eigenvalue weighted by molar-refractivity contribution is 0.909. The van der Waals surface area contributed by atoms with Crippen LogP contribution in [-0.2, 0) is 6.42 Å². The van der Waals surface area contributed by atoms with Crippen molar-refractivity contribution in [2.75, 3.05) is 0 Å². The normalized spacial score (nSPS) is 12.4. The maximum atomic E-state index is 6.51. The van der Waals surface area contributed by atoms with Gasteiger partial charge in [0.05, 0.1) is 5.38 Å². The maximum Gasteiger partial charge on any atom is 0.0629 e. The summed E-state index contributed by atoms with van der Waals surface area (Å²) >= 11 is 16.1. The zero-order chi connectivity index (χ0) is 13.1. The molecule has 0 aliphatic carbocycles. The number of hydrogen-bond acceptors (Lipinski definition) is 0. The molecule has 1 unspecified atom stereocenters. The molecule has 0 N–H and O–H groups in total. The molecular formula is C15H13BrCl2. The summed E-state index contributed by atoms with van der Waals surface area (Å²) in [6, 6.07) is 14.0. The SMILES string of the molecule is Cc1ccc(Br)cc1C(Cl)Cc1ccccc1Cl. The molecule has 0 heterocycles. The van der Waals surface area contributed by atoms with Gasteiger partial charge in [-0.2, -0.15) is 0 Å². The van der Waals surface area contributed by atoms with Gasteiger partial charge in [0, 0.05) is 9.50 Å². The molecule has 3 heteroatoms. The van der Waals surface area contributed by atoms with E-state index in [1.807, 2.05) is 30.3 Å². The maximum absolute atomic E-state index is 6.51. The molecule has 2 aromatic carbocycles. The first-order chi connectivity index (χ1) is 8.58. The van der Waals surface area contributed by atoms with E-state index in [0.29, 0.717) is 0 Å². The molecule has 0 amide bonds. The average molecular weight is 344 g/mol. The molecule has 0 fully saturated rings. The second-order valence-corrected chi connectivity index (χ2v) is 6.11. The van der Waals surface area contributed by atoms with Crippen LogP contribution < -0.4 is 0 Å². The van der Waals surface area contributed by atoms with Crippen LogP contribution in [0.25, 0.3) is 0 Å². The highest BCUT2D eigenvalue weighted by molar-refractivity contribution is 9.10. The summed E-state index contributed by atoms with van der Waals surface area (Å²) in [4.78, 5) is 0. The molecule has 94 valence electrons. The zero-order valence-electron chi connectivity index (χ0n) is 9.96. The Labute approximate surface area is 126 Å². The Hall–Kier alpha value is -0.500. The van der Waals surface area contributed by atoms with Gasteiger partial charge in [0.15, 0.2) is 0 Å². The highest BCUT2D eigenvalue weighted by Crippen LogP contribution is 2.31. The molecule has 0 spiro atoms. The molecule has 0 saturated carbocycles. The van der Waals surface area contributed by atoms with E-state index in [1.165, 1.54) is 5.56 Å². The third-order valence-corrected chi connectivity index (χ3v) is 4.19. The fourth-order valence-electron chi connectivity index (χ4n) is 1.92. The highest BCUT2D eigenvalue weighted by Gasteiger charge is 2.13. The summed E-state index contributed by atoms with van der Waals surface area (Å²) in [5.41, 5.74) is 3.43. The van der Waals surface area contributed by atoms with Crippen LogP contribution in [0.15, 0.2) is 46.9 Å². The van der Waals surface area contributed by atoms with Crippen molar-refractivity contribution in [1.82, 2.24) is 0 Å². The van der Waals surface area contributed by atoms with Gasteiger partial charge in [-0.1, -0.05) is 51.8 Å². The molecule has 18 heavy (non-hydrogen) atoms. The summed E-state index contributed by atoms with van der Waals surface area (Å²) in [6.07, 6.45) is 0.735. The van der Waals surface area contributed by atoms with Gasteiger partial charge >= 0.3 is 0 Å². The summed E-state index contributed by atoms with van der Waals surface area (Å²) in [6.45, 7) is 2.07. The number of hydrogen-bond donors (Lipinski definition) is 0. The van der Waals surface area contributed by atoms with Gasteiger partial charge in [0.25, 0.3) is 0 Å². The van der Waals surface area contributed by atoms with Crippen molar-refractivity contribution in [2.24, 2.45) is 0 Å². The number of rotatable bonds is 3. The van der Waals surface area contributed by atoms with Gasteiger partial charge < -0.3 is 0 Å². The van der Waals surface area contributed by atoms with E-state index in [1.54, 1.807) is 0 Å². The van der Waals surface area contributed by atoms with Crippen LogP contribution in [-0.4, -0.2) is 0 Å². The van der Waals surface area contributed by atoms with E-state index in [2.05, 4.69) is 35.0 Å². The summed E-state index contributed by atoms with van der Waals surface area (Å²) in [7, 11) is 0. The second-order valence-electron chi connectivity index (χ2n) is 4.26. The van der Waals surface area contributed by atoms with E-state index >= 15 is 0 Å². The van der Waals surface area contributed by atoms with Crippen LogP contribution in [0.5, 0.6) is 0 Å². The minimum Gasteiger partial charge on any atom is -0.117 e. The van der Waals surface area contributed by atoms with E-state index in [9.17, 15) is 0 Å². The Kier molecular flexibility index (Phi) is 4.71. The summed E-state index contributed by atoms with van der Waals surface area (Å²) in [5.74, 6) is 0. The smallest absolute Gasteiger partial charge is 0.0629 e. The molecule has 0 aromatic heterocycles. The lowest BCUT2D eigenvalue weighted by Crippen LogP contribution is -1.99. The van der Waals surface area contributed by atoms with Crippen molar-refractivity contribution in [2.45, 2.75) is 18.7 Å². The summed E-state index contributed by atoms with van der Waals surface area (Å²) in [5, 5.41) is 0.707. The van der Waals surface area contributed by atoms with E-state index in [-0.39, 0.29) is 5.38 Å². The molecule has 2 rings (SSSR count). The van der Waals surface area contributed by atoms with E-state index < -0.39 is 0 Å². The number of aryl methyl sites for hydroxylation is 1. The topological polar surface area (TPSA) is 0 Å². The minimum atomic E-state index is -0.0672. The van der Waals surface area contributed by atoms with Crippen LogP contribution in [0.3, 0.4) is 0 Å². The monoisotopic (exact) mass is 342 g/mol. The third kappa shape index (κ3) is 3.28. The first-order valence-electron chi connectivity index (χ1n) is 5.71. The van der Waals surface area contributed by atoms with Crippen molar-refractivity contribution in [1.29, 1.82) is 0 Å². The molecule has 0 bridgehead atoms. The van der Waals surface area contributed by atoms with Gasteiger partial charge in [0.2, 0.25) is 0 Å². The average Bonchev–Trinajstić information content (AvgIpc) is 2.35. The molecule has 0 saturated heterocycles. The van der Waals surface area contributed by atoms with E-state index in [0.717, 1.165) is 27.0 Å². The van der Waals surface area contributed by atoms with Crippen LogP contribution in [0.1, 0.15) is 22.1 Å². The first-order valence-corrected chi connectivity index (χ1v) is 7.32. The Morgan fingerprint density at radius 1 is 1.17 bits per heavy atom. The van der Waals surface area contributed by atoms with Crippen molar-refractivity contribution in [3.63, 3.8) is 0 Å². The van der Waals surface area contributed by atoms with Gasteiger partial charge in [-0.3, -0.25) is 0 Å². The third-order valence-electron chi connectivity index (χ3n) is 2.94. The second kappa shape index (κ2) is 6.10. The van der Waals surface area contributed by atoms with Crippen LogP contribution in [0, 0.1) is 6.92 Å². The standard InChI is InChI=1S/C15H13BrCl2/c1-10-6-7-12(16)9-13(10)15(18)8-11-4-2-3-5-14(11)17/h2-7,9,15H,8H2,1H3. The number of benzene rings is 2.